The average Bonchev–Trinajstić information content (AvgIpc) is 2.42. The van der Waals surface area contributed by atoms with Crippen molar-refractivity contribution in [1.29, 1.82) is 0 Å². The molecule has 1 atom stereocenters. The third-order valence-corrected chi connectivity index (χ3v) is 2.83. The number of methoxy groups -OCH3 is 1. The van der Waals surface area contributed by atoms with Crippen LogP contribution >= 0.6 is 0 Å². The topological polar surface area (TPSA) is 73.1 Å². The third-order valence-electron chi connectivity index (χ3n) is 2.83. The zero-order chi connectivity index (χ0) is 13.0. The molecule has 0 saturated carbocycles. The van der Waals surface area contributed by atoms with Crippen LogP contribution in [-0.4, -0.2) is 17.1 Å². The molecule has 5 heteroatoms. The Kier molecular flexibility index (Phi) is 3.86. The van der Waals surface area contributed by atoms with E-state index < -0.39 is 0 Å². The number of nitrogens with zero attached hydrogens (tertiary/aromatic N) is 2. The Labute approximate surface area is 106 Å². The van der Waals surface area contributed by atoms with Crippen LogP contribution in [0.1, 0.15) is 22.9 Å². The van der Waals surface area contributed by atoms with Crippen molar-refractivity contribution in [2.24, 2.45) is 5.84 Å². The maximum atomic E-state index is 5.65. The quantitative estimate of drug-likeness (QED) is 0.627. The number of aromatic nitrogens is 2. The van der Waals surface area contributed by atoms with Gasteiger partial charge in [0.05, 0.1) is 19.3 Å². The van der Waals surface area contributed by atoms with Crippen molar-refractivity contribution < 1.29 is 4.74 Å². The van der Waals surface area contributed by atoms with E-state index in [0.29, 0.717) is 5.75 Å². The molecule has 0 aliphatic rings. The highest BCUT2D eigenvalue weighted by atomic mass is 16.5. The van der Waals surface area contributed by atoms with E-state index in [1.165, 1.54) is 0 Å². The summed E-state index contributed by atoms with van der Waals surface area (Å²) in [5, 5.41) is 0. The maximum Gasteiger partial charge on any atom is 0.137 e. The first-order valence-electron chi connectivity index (χ1n) is 5.63. The molecule has 94 valence electrons. The number of nitrogens with two attached hydrogens (primary N) is 1. The van der Waals surface area contributed by atoms with Crippen LogP contribution in [0.5, 0.6) is 5.75 Å². The first-order chi connectivity index (χ1) is 8.76. The lowest BCUT2D eigenvalue weighted by atomic mass is 10.00. The summed E-state index contributed by atoms with van der Waals surface area (Å²) >= 11 is 0. The smallest absolute Gasteiger partial charge is 0.137 e. The van der Waals surface area contributed by atoms with E-state index in [0.717, 1.165) is 16.8 Å². The molecule has 2 heterocycles. The van der Waals surface area contributed by atoms with Gasteiger partial charge in [-0.15, -0.1) is 0 Å². The lowest BCUT2D eigenvalue weighted by Gasteiger charge is -2.18. The minimum absolute atomic E-state index is 0.152. The first kappa shape index (κ1) is 12.5. The second-order valence-corrected chi connectivity index (χ2v) is 3.94. The SMILES string of the molecule is COc1cncc(C(NN)c2cccnc2C)c1. The van der Waals surface area contributed by atoms with Gasteiger partial charge in [0.25, 0.3) is 0 Å². The molecule has 0 bridgehead atoms. The molecular weight excluding hydrogens is 228 g/mol. The van der Waals surface area contributed by atoms with Crippen molar-refractivity contribution in [1.82, 2.24) is 15.4 Å². The van der Waals surface area contributed by atoms with Crippen molar-refractivity contribution in [3.05, 3.63) is 53.6 Å². The van der Waals surface area contributed by atoms with Crippen LogP contribution in [0.3, 0.4) is 0 Å². The molecule has 2 rings (SSSR count). The van der Waals surface area contributed by atoms with Crippen molar-refractivity contribution in [3.63, 3.8) is 0 Å². The molecule has 0 radical (unpaired) electrons. The highest BCUT2D eigenvalue weighted by molar-refractivity contribution is 5.35. The van der Waals surface area contributed by atoms with Gasteiger partial charge in [0.15, 0.2) is 0 Å². The first-order valence-corrected chi connectivity index (χ1v) is 5.63. The van der Waals surface area contributed by atoms with E-state index in [1.54, 1.807) is 25.7 Å². The Morgan fingerprint density at radius 2 is 2.22 bits per heavy atom. The summed E-state index contributed by atoms with van der Waals surface area (Å²) in [5.74, 6) is 6.35. The number of hydrazine groups is 1. The Morgan fingerprint density at radius 1 is 1.39 bits per heavy atom. The minimum atomic E-state index is -0.152. The van der Waals surface area contributed by atoms with Crippen LogP contribution in [0.2, 0.25) is 0 Å². The van der Waals surface area contributed by atoms with Gasteiger partial charge in [-0.1, -0.05) is 6.07 Å². The fourth-order valence-electron chi connectivity index (χ4n) is 1.87. The largest absolute Gasteiger partial charge is 0.495 e. The van der Waals surface area contributed by atoms with Gasteiger partial charge in [-0.25, -0.2) is 5.43 Å². The van der Waals surface area contributed by atoms with E-state index in [9.17, 15) is 0 Å². The van der Waals surface area contributed by atoms with E-state index in [2.05, 4.69) is 15.4 Å². The van der Waals surface area contributed by atoms with Gasteiger partial charge in [0, 0.05) is 18.1 Å². The molecule has 1 unspecified atom stereocenters. The molecule has 0 aromatic carbocycles. The monoisotopic (exact) mass is 244 g/mol. The molecule has 0 amide bonds. The summed E-state index contributed by atoms with van der Waals surface area (Å²) in [7, 11) is 1.61. The predicted molar refractivity (Wildman–Crippen MR) is 68.9 cm³/mol. The average molecular weight is 244 g/mol. The number of nitrogens with one attached hydrogen (secondary N) is 1. The van der Waals surface area contributed by atoms with Gasteiger partial charge in [-0.2, -0.15) is 0 Å². The molecule has 0 aliphatic carbocycles. The van der Waals surface area contributed by atoms with E-state index in [1.807, 2.05) is 25.1 Å². The van der Waals surface area contributed by atoms with Crippen LogP contribution in [0, 0.1) is 6.92 Å². The summed E-state index contributed by atoms with van der Waals surface area (Å²) in [5.41, 5.74) is 5.69. The molecular formula is C13H16N4O. The van der Waals surface area contributed by atoms with E-state index in [4.69, 9.17) is 10.6 Å². The van der Waals surface area contributed by atoms with Crippen molar-refractivity contribution in [2.45, 2.75) is 13.0 Å². The number of aryl methyl sites for hydroxylation is 1. The number of rotatable bonds is 4. The molecule has 3 N–H and O–H groups in total. The predicted octanol–water partition coefficient (Wildman–Crippen LogP) is 1.35. The summed E-state index contributed by atoms with van der Waals surface area (Å²) in [6.07, 6.45) is 5.18. The van der Waals surface area contributed by atoms with Gasteiger partial charge in [0.2, 0.25) is 0 Å². The normalized spacial score (nSPS) is 12.2. The summed E-state index contributed by atoms with van der Waals surface area (Å²) in [6, 6.07) is 5.64. The molecule has 0 spiro atoms. The fourth-order valence-corrected chi connectivity index (χ4v) is 1.87. The van der Waals surface area contributed by atoms with Crippen LogP contribution in [-0.2, 0) is 0 Å². The van der Waals surface area contributed by atoms with Crippen molar-refractivity contribution >= 4 is 0 Å². The lowest BCUT2D eigenvalue weighted by Crippen LogP contribution is -2.29. The van der Waals surface area contributed by atoms with Crippen LogP contribution in [0.15, 0.2) is 36.8 Å². The number of hydrogen-bond donors (Lipinski definition) is 2. The maximum absolute atomic E-state index is 5.65. The van der Waals surface area contributed by atoms with Gasteiger partial charge >= 0.3 is 0 Å². The number of ether oxygens (including phenoxy) is 1. The fraction of sp³-hybridized carbons (Fsp3) is 0.231. The standard InChI is InChI=1S/C13H16N4O/c1-9-12(4-3-5-16-9)13(17-14)10-6-11(18-2)8-15-7-10/h3-8,13,17H,14H2,1-2H3. The third kappa shape index (κ3) is 2.47. The van der Waals surface area contributed by atoms with Crippen LogP contribution < -0.4 is 16.0 Å². The minimum Gasteiger partial charge on any atom is -0.495 e. The van der Waals surface area contributed by atoms with Crippen molar-refractivity contribution in [3.8, 4) is 5.75 Å². The zero-order valence-corrected chi connectivity index (χ0v) is 10.4. The summed E-state index contributed by atoms with van der Waals surface area (Å²) < 4.78 is 5.17. The highest BCUT2D eigenvalue weighted by Gasteiger charge is 2.15. The number of hydrogen-bond acceptors (Lipinski definition) is 5. The molecule has 2 aromatic rings. The summed E-state index contributed by atoms with van der Waals surface area (Å²) in [4.78, 5) is 8.41. The lowest BCUT2D eigenvalue weighted by molar-refractivity contribution is 0.411. The van der Waals surface area contributed by atoms with Gasteiger partial charge in [0.1, 0.15) is 5.75 Å². The Balaban J connectivity index is 2.42. The highest BCUT2D eigenvalue weighted by Crippen LogP contribution is 2.24. The van der Waals surface area contributed by atoms with Crippen molar-refractivity contribution in [2.75, 3.05) is 7.11 Å². The van der Waals surface area contributed by atoms with E-state index in [-0.39, 0.29) is 6.04 Å². The molecule has 18 heavy (non-hydrogen) atoms. The van der Waals surface area contributed by atoms with Crippen LogP contribution in [0.25, 0.3) is 0 Å². The second-order valence-electron chi connectivity index (χ2n) is 3.94. The second kappa shape index (κ2) is 5.57. The molecule has 0 saturated heterocycles. The molecule has 2 aromatic heterocycles. The Morgan fingerprint density at radius 3 is 2.89 bits per heavy atom. The Bertz CT molecular complexity index is 530. The number of pyridine rings is 2. The summed E-state index contributed by atoms with van der Waals surface area (Å²) in [6.45, 7) is 1.95. The van der Waals surface area contributed by atoms with E-state index >= 15 is 0 Å². The molecule has 0 aliphatic heterocycles. The zero-order valence-electron chi connectivity index (χ0n) is 10.4. The van der Waals surface area contributed by atoms with Gasteiger partial charge in [-0.3, -0.25) is 15.8 Å². The van der Waals surface area contributed by atoms with Crippen LogP contribution in [0.4, 0.5) is 0 Å². The molecule has 5 nitrogen and oxygen atoms in total. The Hall–Kier alpha value is -1.98. The van der Waals surface area contributed by atoms with Gasteiger partial charge in [-0.05, 0) is 30.2 Å². The molecule has 0 fully saturated rings. The van der Waals surface area contributed by atoms with Gasteiger partial charge < -0.3 is 4.74 Å².